The fourth-order valence-corrected chi connectivity index (χ4v) is 2.08. The summed E-state index contributed by atoms with van der Waals surface area (Å²) < 4.78 is 38.4. The number of amides is 2. The second-order valence-corrected chi connectivity index (χ2v) is 5.38. The minimum atomic E-state index is -4.64. The fourth-order valence-electron chi connectivity index (χ4n) is 2.08. The van der Waals surface area contributed by atoms with Crippen molar-refractivity contribution in [2.75, 3.05) is 10.6 Å². The highest BCUT2D eigenvalue weighted by molar-refractivity contribution is 5.96. The van der Waals surface area contributed by atoms with Crippen LogP contribution in [0.15, 0.2) is 24.5 Å². The van der Waals surface area contributed by atoms with Crippen molar-refractivity contribution in [1.82, 2.24) is 15.0 Å². The number of rotatable bonds is 7. The summed E-state index contributed by atoms with van der Waals surface area (Å²) in [5.41, 5.74) is 9.01. The van der Waals surface area contributed by atoms with Crippen molar-refractivity contribution in [2.24, 2.45) is 11.5 Å². The largest absolute Gasteiger partial charge is 0.433 e. The van der Waals surface area contributed by atoms with E-state index in [0.29, 0.717) is 6.42 Å². The molecular formula is C15H16F3N7O2. The van der Waals surface area contributed by atoms with Gasteiger partial charge < -0.3 is 22.1 Å². The molecule has 0 aliphatic heterocycles. The molecule has 0 aliphatic carbocycles. The summed E-state index contributed by atoms with van der Waals surface area (Å²) in [5.74, 6) is -1.68. The van der Waals surface area contributed by atoms with Gasteiger partial charge in [-0.15, -0.1) is 0 Å². The van der Waals surface area contributed by atoms with Gasteiger partial charge in [-0.25, -0.2) is 9.97 Å². The van der Waals surface area contributed by atoms with Crippen LogP contribution in [0, 0.1) is 0 Å². The van der Waals surface area contributed by atoms with E-state index in [1.807, 2.05) is 0 Å². The molecule has 0 radical (unpaired) electrons. The Balaban J connectivity index is 2.38. The van der Waals surface area contributed by atoms with E-state index >= 15 is 0 Å². The van der Waals surface area contributed by atoms with E-state index in [2.05, 4.69) is 25.6 Å². The molecule has 9 nitrogen and oxygen atoms in total. The van der Waals surface area contributed by atoms with Crippen LogP contribution in [0.25, 0.3) is 0 Å². The number of primary amides is 2. The van der Waals surface area contributed by atoms with Crippen molar-refractivity contribution < 1.29 is 22.8 Å². The fraction of sp³-hybridized carbons (Fsp3) is 0.267. The second-order valence-electron chi connectivity index (χ2n) is 5.38. The normalized spacial score (nSPS) is 12.3. The van der Waals surface area contributed by atoms with Gasteiger partial charge >= 0.3 is 6.18 Å². The lowest BCUT2D eigenvalue weighted by atomic mass is 10.2. The van der Waals surface area contributed by atoms with Gasteiger partial charge in [-0.1, -0.05) is 6.92 Å². The summed E-state index contributed by atoms with van der Waals surface area (Å²) in [6, 6.07) is 1.24. The van der Waals surface area contributed by atoms with E-state index in [4.69, 9.17) is 11.5 Å². The number of nitrogens with one attached hydrogen (secondary N) is 2. The van der Waals surface area contributed by atoms with Crippen LogP contribution >= 0.6 is 0 Å². The Kier molecular flexibility index (Phi) is 5.78. The molecule has 0 saturated carbocycles. The van der Waals surface area contributed by atoms with Gasteiger partial charge in [-0.05, 0) is 18.6 Å². The Bertz CT molecular complexity index is 858. The van der Waals surface area contributed by atoms with E-state index < -0.39 is 29.7 Å². The number of hydrogen-bond acceptors (Lipinski definition) is 7. The second kappa shape index (κ2) is 7.85. The molecule has 0 unspecified atom stereocenters. The zero-order valence-electron chi connectivity index (χ0n) is 14.0. The molecule has 0 fully saturated rings. The zero-order valence-corrected chi connectivity index (χ0v) is 14.0. The molecule has 2 amide bonds. The predicted octanol–water partition coefficient (Wildman–Crippen LogP) is 1.41. The van der Waals surface area contributed by atoms with E-state index in [0.717, 1.165) is 18.5 Å². The van der Waals surface area contributed by atoms with Gasteiger partial charge in [0.2, 0.25) is 5.91 Å². The van der Waals surface area contributed by atoms with Gasteiger partial charge in [0.05, 0.1) is 6.20 Å². The quantitative estimate of drug-likeness (QED) is 0.565. The van der Waals surface area contributed by atoms with Crippen molar-refractivity contribution >= 4 is 29.1 Å². The molecule has 6 N–H and O–H groups in total. The van der Waals surface area contributed by atoms with E-state index in [9.17, 15) is 22.8 Å². The van der Waals surface area contributed by atoms with Gasteiger partial charge in [0.15, 0.2) is 11.5 Å². The third-order valence-electron chi connectivity index (χ3n) is 3.39. The summed E-state index contributed by atoms with van der Waals surface area (Å²) in [4.78, 5) is 34.0. The van der Waals surface area contributed by atoms with Crippen LogP contribution in [0.3, 0.4) is 0 Å². The van der Waals surface area contributed by atoms with Crippen molar-refractivity contribution in [1.29, 1.82) is 0 Å². The predicted molar refractivity (Wildman–Crippen MR) is 90.0 cm³/mol. The van der Waals surface area contributed by atoms with Gasteiger partial charge in [0.25, 0.3) is 5.91 Å². The monoisotopic (exact) mass is 383 g/mol. The Morgan fingerprint density at radius 3 is 2.52 bits per heavy atom. The van der Waals surface area contributed by atoms with Gasteiger partial charge in [-0.2, -0.15) is 13.2 Å². The number of nitrogens with two attached hydrogens (primary N) is 2. The first-order valence-corrected chi connectivity index (χ1v) is 7.64. The number of hydrogen-bond donors (Lipinski definition) is 4. The number of carbonyl (C=O) groups excluding carboxylic acids is 2. The average molecular weight is 383 g/mol. The topological polar surface area (TPSA) is 149 Å². The first-order chi connectivity index (χ1) is 12.6. The maximum atomic E-state index is 12.8. The number of aromatic nitrogens is 3. The van der Waals surface area contributed by atoms with Gasteiger partial charge in [-0.3, -0.25) is 14.6 Å². The molecule has 12 heteroatoms. The maximum Gasteiger partial charge on any atom is 0.433 e. The molecule has 0 spiro atoms. The minimum absolute atomic E-state index is 0.0341. The van der Waals surface area contributed by atoms with Crippen LogP contribution < -0.4 is 22.1 Å². The first-order valence-electron chi connectivity index (χ1n) is 7.64. The molecule has 27 heavy (non-hydrogen) atoms. The molecule has 1 atom stereocenters. The van der Waals surface area contributed by atoms with Crippen molar-refractivity contribution in [3.05, 3.63) is 35.9 Å². The molecule has 144 valence electrons. The summed E-state index contributed by atoms with van der Waals surface area (Å²) in [6.45, 7) is 1.71. The Hall–Kier alpha value is -3.44. The third kappa shape index (κ3) is 5.03. The van der Waals surface area contributed by atoms with E-state index in [1.54, 1.807) is 6.92 Å². The first kappa shape index (κ1) is 19.9. The molecule has 0 aromatic carbocycles. The number of pyridine rings is 1. The number of nitrogens with zero attached hydrogens (tertiary/aromatic N) is 3. The summed E-state index contributed by atoms with van der Waals surface area (Å²) in [6.07, 6.45) is -2.18. The number of halogens is 3. The highest BCUT2D eigenvalue weighted by atomic mass is 19.4. The molecule has 2 aromatic rings. The summed E-state index contributed by atoms with van der Waals surface area (Å²) in [5, 5.41) is 5.28. The lowest BCUT2D eigenvalue weighted by molar-refractivity contribution is -0.141. The van der Waals surface area contributed by atoms with Crippen molar-refractivity contribution in [2.45, 2.75) is 25.6 Å². The van der Waals surface area contributed by atoms with Crippen molar-refractivity contribution in [3.63, 3.8) is 0 Å². The number of anilines is 3. The lowest BCUT2D eigenvalue weighted by Gasteiger charge is -2.16. The van der Waals surface area contributed by atoms with Crippen LogP contribution in [0.5, 0.6) is 0 Å². The lowest BCUT2D eigenvalue weighted by Crippen LogP contribution is -2.35. The van der Waals surface area contributed by atoms with E-state index in [1.165, 1.54) is 6.07 Å². The Morgan fingerprint density at radius 2 is 1.96 bits per heavy atom. The molecule has 2 rings (SSSR count). The molecule has 2 aromatic heterocycles. The SMILES string of the molecule is CC[C@@H](Nc1cnc(C(N)=O)c(Nc2ccnc(C(F)(F)F)c2)n1)C(N)=O. The summed E-state index contributed by atoms with van der Waals surface area (Å²) >= 11 is 0. The number of alkyl halides is 3. The Morgan fingerprint density at radius 1 is 1.26 bits per heavy atom. The molecule has 0 bridgehead atoms. The molecule has 0 aliphatic rings. The van der Waals surface area contributed by atoms with Gasteiger partial charge in [0, 0.05) is 11.9 Å². The Labute approximate surface area is 151 Å². The summed E-state index contributed by atoms with van der Waals surface area (Å²) in [7, 11) is 0. The highest BCUT2D eigenvalue weighted by Gasteiger charge is 2.32. The minimum Gasteiger partial charge on any atom is -0.368 e. The maximum absolute atomic E-state index is 12.8. The van der Waals surface area contributed by atoms with Crippen LogP contribution in [0.2, 0.25) is 0 Å². The molecule has 0 saturated heterocycles. The van der Waals surface area contributed by atoms with Gasteiger partial charge in [0.1, 0.15) is 17.6 Å². The standard InChI is InChI=1S/C15H16F3N7O2/c1-2-8(12(19)26)24-10-6-22-11(13(20)27)14(25-10)23-7-3-4-21-9(5-7)15(16,17)18/h3-6,8H,2H2,1H3,(H2,19,26)(H2,20,27)(H2,21,23,24,25)/t8-/m1/s1. The average Bonchev–Trinajstić information content (AvgIpc) is 2.58. The van der Waals surface area contributed by atoms with Crippen molar-refractivity contribution in [3.8, 4) is 0 Å². The number of carbonyl (C=O) groups is 2. The van der Waals surface area contributed by atoms with Crippen LogP contribution in [-0.4, -0.2) is 32.8 Å². The molecule has 2 heterocycles. The highest BCUT2D eigenvalue weighted by Crippen LogP contribution is 2.29. The zero-order chi connectivity index (χ0) is 20.2. The van der Waals surface area contributed by atoms with E-state index in [-0.39, 0.29) is 23.0 Å². The molecular weight excluding hydrogens is 367 g/mol. The van der Waals surface area contributed by atoms with Crippen LogP contribution in [0.1, 0.15) is 29.5 Å². The third-order valence-corrected chi connectivity index (χ3v) is 3.39. The van der Waals surface area contributed by atoms with Crippen LogP contribution in [-0.2, 0) is 11.0 Å². The van der Waals surface area contributed by atoms with Crippen LogP contribution in [0.4, 0.5) is 30.5 Å². The smallest absolute Gasteiger partial charge is 0.368 e.